The Labute approximate surface area is 255 Å². The van der Waals surface area contributed by atoms with Crippen molar-refractivity contribution in [2.45, 2.75) is 33.6 Å². The van der Waals surface area contributed by atoms with E-state index in [4.69, 9.17) is 19.0 Å². The molecule has 0 unspecified atom stereocenters. The molecule has 7 rings (SSSR count). The average Bonchev–Trinajstić information content (AvgIpc) is 3.83. The zero-order valence-electron chi connectivity index (χ0n) is 24.9. The molecular formula is C37H32N4O3. The highest BCUT2D eigenvalue weighted by Gasteiger charge is 2.27. The van der Waals surface area contributed by atoms with E-state index in [0.717, 1.165) is 45.2 Å². The van der Waals surface area contributed by atoms with Gasteiger partial charge in [0.2, 0.25) is 0 Å². The zero-order chi connectivity index (χ0) is 30.2. The first-order valence-corrected chi connectivity index (χ1v) is 14.8. The summed E-state index contributed by atoms with van der Waals surface area (Å²) in [6, 6.07) is 27.6. The van der Waals surface area contributed by atoms with Crippen LogP contribution in [-0.2, 0) is 4.79 Å². The van der Waals surface area contributed by atoms with Crippen LogP contribution in [0, 0.1) is 19.8 Å². The van der Waals surface area contributed by atoms with Crippen LogP contribution in [0.3, 0.4) is 0 Å². The molecule has 1 aliphatic carbocycles. The predicted molar refractivity (Wildman–Crippen MR) is 171 cm³/mol. The summed E-state index contributed by atoms with van der Waals surface area (Å²) in [6.45, 7) is 6.01. The molecule has 7 heteroatoms. The summed E-state index contributed by atoms with van der Waals surface area (Å²) in [6.07, 6.45) is 9.25. The van der Waals surface area contributed by atoms with Crippen LogP contribution in [0.15, 0.2) is 117 Å². The van der Waals surface area contributed by atoms with E-state index in [1.807, 2.05) is 133 Å². The van der Waals surface area contributed by atoms with Crippen molar-refractivity contribution >= 4 is 17.9 Å². The summed E-state index contributed by atoms with van der Waals surface area (Å²) < 4.78 is 15.6. The fraction of sp³-hybridized carbons (Fsp3) is 0.162. The van der Waals surface area contributed by atoms with Crippen molar-refractivity contribution < 1.29 is 13.6 Å². The van der Waals surface area contributed by atoms with Gasteiger partial charge in [-0.25, -0.2) is 9.36 Å². The summed E-state index contributed by atoms with van der Waals surface area (Å²) in [7, 11) is 0. The Morgan fingerprint density at radius 3 is 1.48 bits per heavy atom. The maximum absolute atomic E-state index is 14.1. The third kappa shape index (κ3) is 5.40. The van der Waals surface area contributed by atoms with Gasteiger partial charge in [0.1, 0.15) is 22.9 Å². The van der Waals surface area contributed by atoms with E-state index in [-0.39, 0.29) is 11.7 Å². The van der Waals surface area contributed by atoms with Gasteiger partial charge in [0.25, 0.3) is 0 Å². The minimum absolute atomic E-state index is 0.0335. The lowest BCUT2D eigenvalue weighted by Gasteiger charge is -2.22. The fourth-order valence-electron chi connectivity index (χ4n) is 5.76. The Kier molecular flexibility index (Phi) is 7.06. The van der Waals surface area contributed by atoms with Crippen molar-refractivity contribution in [2.24, 2.45) is 5.92 Å². The summed E-state index contributed by atoms with van der Waals surface area (Å²) in [4.78, 5) is 14.1. The van der Waals surface area contributed by atoms with Crippen LogP contribution < -0.4 is 0 Å². The first kappa shape index (κ1) is 27.4. The fourth-order valence-corrected chi connectivity index (χ4v) is 5.76. The Balaban J connectivity index is 1.30. The van der Waals surface area contributed by atoms with E-state index < -0.39 is 0 Å². The maximum Gasteiger partial charge on any atom is 0.185 e. The zero-order valence-corrected chi connectivity index (χ0v) is 24.9. The van der Waals surface area contributed by atoms with Crippen molar-refractivity contribution in [3.63, 3.8) is 0 Å². The maximum atomic E-state index is 14.1. The highest BCUT2D eigenvalue weighted by atomic mass is 16.3. The number of aromatic nitrogens is 4. The molecule has 0 amide bonds. The number of allylic oxidation sites excluding steroid dienone is 2. The number of hydrogen-bond donors (Lipinski definition) is 0. The normalized spacial score (nSPS) is 17.2. The number of carbonyl (C=O) groups excluding carboxylic acids is 1. The average molecular weight is 581 g/mol. The molecule has 4 heterocycles. The number of para-hydroxylation sites is 2. The molecule has 1 fully saturated rings. The molecule has 1 aliphatic rings. The van der Waals surface area contributed by atoms with E-state index >= 15 is 0 Å². The molecule has 2 aromatic carbocycles. The van der Waals surface area contributed by atoms with Gasteiger partial charge in [-0.1, -0.05) is 43.3 Å². The molecule has 0 radical (unpaired) electrons. The van der Waals surface area contributed by atoms with Gasteiger partial charge >= 0.3 is 0 Å². The van der Waals surface area contributed by atoms with E-state index in [1.54, 1.807) is 0 Å². The van der Waals surface area contributed by atoms with E-state index in [1.165, 1.54) is 0 Å². The Morgan fingerprint density at radius 2 is 1.09 bits per heavy atom. The first-order chi connectivity index (χ1) is 21.4. The smallest absolute Gasteiger partial charge is 0.185 e. The lowest BCUT2D eigenvalue weighted by atomic mass is 9.80. The van der Waals surface area contributed by atoms with Crippen LogP contribution in [0.1, 0.15) is 42.4 Å². The lowest BCUT2D eigenvalue weighted by molar-refractivity contribution is -0.113. The number of nitrogens with zero attached hydrogens (tertiary/aromatic N) is 4. The number of carbonyl (C=O) groups is 1. The molecule has 4 aromatic heterocycles. The van der Waals surface area contributed by atoms with Crippen LogP contribution in [0.4, 0.5) is 0 Å². The summed E-state index contributed by atoms with van der Waals surface area (Å²) in [5.41, 5.74) is 6.43. The van der Waals surface area contributed by atoms with Gasteiger partial charge in [-0.05, 0) is 93.3 Å². The molecule has 218 valence electrons. The van der Waals surface area contributed by atoms with Crippen LogP contribution in [0.2, 0.25) is 0 Å². The molecule has 0 saturated heterocycles. The number of ketones is 1. The van der Waals surface area contributed by atoms with Gasteiger partial charge in [-0.2, -0.15) is 10.2 Å². The molecule has 44 heavy (non-hydrogen) atoms. The minimum Gasteiger partial charge on any atom is -0.460 e. The minimum atomic E-state index is 0.0335. The highest BCUT2D eigenvalue weighted by Crippen LogP contribution is 2.36. The third-order valence-electron chi connectivity index (χ3n) is 7.85. The topological polar surface area (TPSA) is 79.0 Å². The second kappa shape index (κ2) is 11.3. The summed E-state index contributed by atoms with van der Waals surface area (Å²) >= 11 is 0. The van der Waals surface area contributed by atoms with E-state index in [0.29, 0.717) is 35.7 Å². The molecule has 6 aromatic rings. The third-order valence-corrected chi connectivity index (χ3v) is 7.85. The molecule has 0 N–H and O–H groups in total. The van der Waals surface area contributed by atoms with E-state index in [2.05, 4.69) is 6.92 Å². The molecular weight excluding hydrogens is 548 g/mol. The number of furan rings is 2. The SMILES string of the molecule is Cc1ccc(-c2nn(-c3ccccc3)cc2C=C2CC(C)CC(=Cc3cn(-c4ccccc4)nc3-c3ccc(C)o3)C2=O)o1. The first-order valence-electron chi connectivity index (χ1n) is 14.8. The van der Waals surface area contributed by atoms with Gasteiger partial charge in [-0.3, -0.25) is 4.79 Å². The number of Topliss-reactive ketones (excluding diaryl/α,β-unsaturated/α-hetero) is 1. The van der Waals surface area contributed by atoms with Gasteiger partial charge in [0.15, 0.2) is 17.3 Å². The summed E-state index contributed by atoms with van der Waals surface area (Å²) in [5.74, 6) is 3.26. The Hall–Kier alpha value is -5.43. The quantitative estimate of drug-likeness (QED) is 0.184. The second-order valence-corrected chi connectivity index (χ2v) is 11.4. The standard InChI is InChI=1S/C37H32N4O3/c1-24-18-27(20-29-22-40(31-10-6-4-7-11-31)38-35(29)33-16-14-25(2)43-33)37(42)28(19-24)21-30-23-41(32-12-8-5-9-13-32)39-36(30)34-17-15-26(3)44-34/h4-17,20-24H,18-19H2,1-3H3. The van der Waals surface area contributed by atoms with Crippen molar-refractivity contribution in [1.82, 2.24) is 19.6 Å². The van der Waals surface area contributed by atoms with Crippen LogP contribution in [0.5, 0.6) is 0 Å². The van der Waals surface area contributed by atoms with Crippen molar-refractivity contribution in [2.75, 3.05) is 0 Å². The molecule has 7 nitrogen and oxygen atoms in total. The monoisotopic (exact) mass is 580 g/mol. The summed E-state index contributed by atoms with van der Waals surface area (Å²) in [5, 5.41) is 9.74. The van der Waals surface area contributed by atoms with Gasteiger partial charge in [-0.15, -0.1) is 0 Å². The largest absolute Gasteiger partial charge is 0.460 e. The Morgan fingerprint density at radius 1 is 0.659 bits per heavy atom. The number of hydrogen-bond acceptors (Lipinski definition) is 5. The molecule has 0 bridgehead atoms. The Bertz CT molecular complexity index is 1870. The second-order valence-electron chi connectivity index (χ2n) is 11.4. The number of aryl methyl sites for hydroxylation is 2. The van der Waals surface area contributed by atoms with Crippen molar-refractivity contribution in [3.05, 3.63) is 131 Å². The van der Waals surface area contributed by atoms with Crippen molar-refractivity contribution in [3.8, 4) is 34.3 Å². The lowest BCUT2D eigenvalue weighted by Crippen LogP contribution is -2.18. The highest BCUT2D eigenvalue weighted by molar-refractivity contribution is 6.14. The number of benzene rings is 2. The number of rotatable bonds is 6. The van der Waals surface area contributed by atoms with Crippen molar-refractivity contribution in [1.29, 1.82) is 0 Å². The molecule has 1 saturated carbocycles. The molecule has 0 aliphatic heterocycles. The van der Waals surface area contributed by atoms with Crippen LogP contribution >= 0.6 is 0 Å². The molecule has 0 atom stereocenters. The van der Waals surface area contributed by atoms with E-state index in [9.17, 15) is 4.79 Å². The predicted octanol–water partition coefficient (Wildman–Crippen LogP) is 8.66. The molecule has 0 spiro atoms. The van der Waals surface area contributed by atoms with Gasteiger partial charge in [0.05, 0.1) is 11.4 Å². The van der Waals surface area contributed by atoms with Gasteiger partial charge in [0, 0.05) is 34.7 Å². The van der Waals surface area contributed by atoms with Crippen LogP contribution in [0.25, 0.3) is 46.4 Å². The van der Waals surface area contributed by atoms with Gasteiger partial charge < -0.3 is 8.83 Å². The van der Waals surface area contributed by atoms with Crippen LogP contribution in [-0.4, -0.2) is 25.3 Å².